The molecular weight excluding hydrogens is 332 g/mol. The summed E-state index contributed by atoms with van der Waals surface area (Å²) in [5.41, 5.74) is 1.13. The highest BCUT2D eigenvalue weighted by Gasteiger charge is 2.35. The lowest BCUT2D eigenvalue weighted by Crippen LogP contribution is -2.56. The average molecular weight is 362 g/mol. The summed E-state index contributed by atoms with van der Waals surface area (Å²) in [5.74, 6) is -0.804. The Bertz CT molecular complexity index is 590. The van der Waals surface area contributed by atoms with Crippen molar-refractivity contribution in [3.05, 3.63) is 30.3 Å². The van der Waals surface area contributed by atoms with Gasteiger partial charge in [0, 0.05) is 45.0 Å². The van der Waals surface area contributed by atoms with Gasteiger partial charge in [0.15, 0.2) is 0 Å². The highest BCUT2D eigenvalue weighted by atomic mass is 16.4. The smallest absolute Gasteiger partial charge is 0.317 e. The van der Waals surface area contributed by atoms with E-state index in [0.717, 1.165) is 25.1 Å². The fourth-order valence-corrected chi connectivity index (χ4v) is 3.17. The molecule has 1 aromatic carbocycles. The first-order valence-electron chi connectivity index (χ1n) is 9.14. The number of carbonyl (C=O) groups is 2. The molecule has 2 N–H and O–H groups in total. The van der Waals surface area contributed by atoms with E-state index >= 15 is 0 Å². The van der Waals surface area contributed by atoms with Gasteiger partial charge in [0.2, 0.25) is 0 Å². The van der Waals surface area contributed by atoms with Crippen LogP contribution in [0.3, 0.4) is 0 Å². The van der Waals surface area contributed by atoms with Crippen LogP contribution < -0.4 is 10.2 Å². The van der Waals surface area contributed by atoms with Gasteiger partial charge >= 0.3 is 12.0 Å². The van der Waals surface area contributed by atoms with Crippen LogP contribution in [-0.2, 0) is 4.79 Å². The van der Waals surface area contributed by atoms with Gasteiger partial charge in [-0.05, 0) is 31.5 Å². The summed E-state index contributed by atoms with van der Waals surface area (Å²) < 4.78 is 0. The maximum atomic E-state index is 12.3. The number of benzene rings is 1. The second-order valence-corrected chi connectivity index (χ2v) is 6.91. The van der Waals surface area contributed by atoms with Crippen LogP contribution in [0.2, 0.25) is 0 Å². The molecule has 1 saturated carbocycles. The zero-order chi connectivity index (χ0) is 19.1. The minimum Gasteiger partial charge on any atom is -0.480 e. The van der Waals surface area contributed by atoms with E-state index in [9.17, 15) is 9.59 Å². The summed E-state index contributed by atoms with van der Waals surface area (Å²) in [6, 6.07) is 10.4. The largest absolute Gasteiger partial charge is 0.480 e. The van der Waals surface area contributed by atoms with E-state index in [0.29, 0.717) is 13.1 Å². The number of rotatable bonds is 9. The van der Waals surface area contributed by atoms with Crippen LogP contribution in [0.15, 0.2) is 30.3 Å². The Kier molecular flexibility index (Phi) is 7.26. The number of nitrogens with one attached hydrogen (secondary N) is 1. The SMILES string of the molecule is CCN(CC(=O)O)C1CC(NC(=O)N(C)CCN(C)c2ccccc2)C1. The summed E-state index contributed by atoms with van der Waals surface area (Å²) in [6.07, 6.45) is 1.62. The highest BCUT2D eigenvalue weighted by Crippen LogP contribution is 2.25. The maximum absolute atomic E-state index is 12.3. The zero-order valence-electron chi connectivity index (χ0n) is 15.9. The van der Waals surface area contributed by atoms with Gasteiger partial charge in [0.25, 0.3) is 0 Å². The third kappa shape index (κ3) is 5.62. The monoisotopic (exact) mass is 362 g/mol. The number of likely N-dealkylation sites (N-methyl/N-ethyl adjacent to an activating group) is 3. The molecule has 0 atom stereocenters. The molecule has 1 aliphatic rings. The normalized spacial score (nSPS) is 18.9. The van der Waals surface area contributed by atoms with Crippen molar-refractivity contribution in [2.75, 3.05) is 45.2 Å². The third-order valence-electron chi connectivity index (χ3n) is 5.02. The predicted molar refractivity (Wildman–Crippen MR) is 103 cm³/mol. The van der Waals surface area contributed by atoms with Crippen molar-refractivity contribution in [1.29, 1.82) is 0 Å². The lowest BCUT2D eigenvalue weighted by molar-refractivity contribution is -0.139. The second-order valence-electron chi connectivity index (χ2n) is 6.91. The van der Waals surface area contributed by atoms with Crippen molar-refractivity contribution in [2.45, 2.75) is 31.8 Å². The Morgan fingerprint density at radius 3 is 2.38 bits per heavy atom. The van der Waals surface area contributed by atoms with Crippen LogP contribution in [0.5, 0.6) is 0 Å². The van der Waals surface area contributed by atoms with Crippen LogP contribution >= 0.6 is 0 Å². The highest BCUT2D eigenvalue weighted by molar-refractivity contribution is 5.74. The molecule has 1 fully saturated rings. The van der Waals surface area contributed by atoms with Gasteiger partial charge in [-0.2, -0.15) is 0 Å². The Hall–Kier alpha value is -2.28. The molecule has 7 nitrogen and oxygen atoms in total. The summed E-state index contributed by atoms with van der Waals surface area (Å²) in [4.78, 5) is 28.9. The molecule has 0 bridgehead atoms. The molecule has 0 aliphatic heterocycles. The number of hydrogen-bond donors (Lipinski definition) is 2. The number of carbonyl (C=O) groups excluding carboxylic acids is 1. The molecule has 0 radical (unpaired) electrons. The summed E-state index contributed by atoms with van der Waals surface area (Å²) in [6.45, 7) is 4.12. The van der Waals surface area contributed by atoms with Crippen molar-refractivity contribution in [3.8, 4) is 0 Å². The van der Waals surface area contributed by atoms with Gasteiger partial charge in [-0.15, -0.1) is 0 Å². The number of nitrogens with zero attached hydrogens (tertiary/aromatic N) is 3. The minimum absolute atomic E-state index is 0.0631. The van der Waals surface area contributed by atoms with Crippen LogP contribution in [0.4, 0.5) is 10.5 Å². The number of hydrogen-bond acceptors (Lipinski definition) is 4. The van der Waals surface area contributed by atoms with Crippen molar-refractivity contribution in [1.82, 2.24) is 15.1 Å². The maximum Gasteiger partial charge on any atom is 0.317 e. The molecule has 0 aromatic heterocycles. The van der Waals surface area contributed by atoms with Crippen molar-refractivity contribution in [2.24, 2.45) is 0 Å². The van der Waals surface area contributed by atoms with Gasteiger partial charge in [0.1, 0.15) is 0 Å². The van der Waals surface area contributed by atoms with Gasteiger partial charge in [-0.25, -0.2) is 4.79 Å². The molecule has 1 aromatic rings. The van der Waals surface area contributed by atoms with Crippen LogP contribution in [0, 0.1) is 0 Å². The predicted octanol–water partition coefficient (Wildman–Crippen LogP) is 1.70. The van der Waals surface area contributed by atoms with E-state index in [1.54, 1.807) is 11.9 Å². The van der Waals surface area contributed by atoms with E-state index in [-0.39, 0.29) is 24.7 Å². The quantitative estimate of drug-likeness (QED) is 0.699. The fourth-order valence-electron chi connectivity index (χ4n) is 3.17. The standard InChI is InChI=1S/C19H30N4O3/c1-4-23(14-18(24)25)17-12-15(13-17)20-19(26)22(3)11-10-21(2)16-8-6-5-7-9-16/h5-9,15,17H,4,10-14H2,1-3H3,(H,20,26)(H,24,25). The number of urea groups is 1. The van der Waals surface area contributed by atoms with Crippen LogP contribution in [0.25, 0.3) is 0 Å². The Balaban J connectivity index is 1.69. The fraction of sp³-hybridized carbons (Fsp3) is 0.579. The molecule has 0 spiro atoms. The molecule has 0 heterocycles. The summed E-state index contributed by atoms with van der Waals surface area (Å²) in [7, 11) is 3.81. The average Bonchev–Trinajstić information content (AvgIpc) is 2.60. The molecule has 2 rings (SSSR count). The molecular formula is C19H30N4O3. The van der Waals surface area contributed by atoms with Gasteiger partial charge in [0.05, 0.1) is 6.54 Å². The number of carboxylic acid groups (broad SMARTS) is 1. The summed E-state index contributed by atoms with van der Waals surface area (Å²) >= 11 is 0. The number of amides is 2. The second kappa shape index (κ2) is 9.43. The van der Waals surface area contributed by atoms with Crippen LogP contribution in [0.1, 0.15) is 19.8 Å². The zero-order valence-corrected chi connectivity index (χ0v) is 15.9. The molecule has 0 saturated heterocycles. The molecule has 2 amide bonds. The lowest BCUT2D eigenvalue weighted by Gasteiger charge is -2.42. The first-order chi connectivity index (χ1) is 12.4. The number of carboxylic acids is 1. The molecule has 7 heteroatoms. The first-order valence-corrected chi connectivity index (χ1v) is 9.14. The van der Waals surface area contributed by atoms with E-state index in [1.165, 1.54) is 0 Å². The first kappa shape index (κ1) is 20.0. The van der Waals surface area contributed by atoms with E-state index in [2.05, 4.69) is 10.2 Å². The van der Waals surface area contributed by atoms with E-state index in [1.807, 2.05) is 49.2 Å². The minimum atomic E-state index is -0.804. The molecule has 26 heavy (non-hydrogen) atoms. The van der Waals surface area contributed by atoms with Crippen LogP contribution in [-0.4, -0.2) is 79.3 Å². The van der Waals surface area contributed by atoms with E-state index < -0.39 is 5.97 Å². The molecule has 144 valence electrons. The van der Waals surface area contributed by atoms with Gasteiger partial charge < -0.3 is 20.2 Å². The topological polar surface area (TPSA) is 76.1 Å². The number of anilines is 1. The number of para-hydroxylation sites is 1. The van der Waals surface area contributed by atoms with Crippen molar-refractivity contribution < 1.29 is 14.7 Å². The molecule has 0 unspecified atom stereocenters. The number of aliphatic carboxylic acids is 1. The third-order valence-corrected chi connectivity index (χ3v) is 5.02. The summed E-state index contributed by atoms with van der Waals surface area (Å²) in [5, 5.41) is 12.0. The van der Waals surface area contributed by atoms with Gasteiger partial charge in [-0.1, -0.05) is 25.1 Å². The van der Waals surface area contributed by atoms with E-state index in [4.69, 9.17) is 5.11 Å². The van der Waals surface area contributed by atoms with Crippen molar-refractivity contribution in [3.63, 3.8) is 0 Å². The van der Waals surface area contributed by atoms with Gasteiger partial charge in [-0.3, -0.25) is 9.69 Å². The Morgan fingerprint density at radius 1 is 1.15 bits per heavy atom. The molecule has 1 aliphatic carbocycles. The van der Waals surface area contributed by atoms with Crippen molar-refractivity contribution >= 4 is 17.7 Å². The lowest BCUT2D eigenvalue weighted by atomic mass is 9.85. The Labute approximate surface area is 155 Å². The Morgan fingerprint density at radius 2 is 1.81 bits per heavy atom.